The first-order chi connectivity index (χ1) is 7.36. The van der Waals surface area contributed by atoms with Crippen molar-refractivity contribution in [3.05, 3.63) is 0 Å². The van der Waals surface area contributed by atoms with E-state index in [0.717, 1.165) is 32.6 Å². The van der Waals surface area contributed by atoms with Gasteiger partial charge in [-0.2, -0.15) is 0 Å². The molecular formula is C11H18N2O2. The molecule has 1 N–H and O–H groups in total. The van der Waals surface area contributed by atoms with Crippen molar-refractivity contribution in [2.24, 2.45) is 0 Å². The molecule has 3 aliphatic heterocycles. The highest BCUT2D eigenvalue weighted by Gasteiger charge is 2.46. The SMILES string of the molecule is O=C([C@@H]1CCCCN1)N1[C@H]2COC[C@H]1C2. The maximum Gasteiger partial charge on any atom is 0.240 e. The number of piperidine rings is 1. The van der Waals surface area contributed by atoms with E-state index in [1.807, 2.05) is 0 Å². The van der Waals surface area contributed by atoms with Crippen LogP contribution in [0.4, 0.5) is 0 Å². The molecule has 15 heavy (non-hydrogen) atoms. The molecule has 3 fully saturated rings. The second-order valence-electron chi connectivity index (χ2n) is 4.83. The Morgan fingerprint density at radius 2 is 2.07 bits per heavy atom. The Morgan fingerprint density at radius 1 is 1.27 bits per heavy atom. The van der Waals surface area contributed by atoms with Crippen molar-refractivity contribution in [3.63, 3.8) is 0 Å². The van der Waals surface area contributed by atoms with E-state index in [4.69, 9.17) is 4.74 Å². The Kier molecular flexibility index (Phi) is 2.41. The summed E-state index contributed by atoms with van der Waals surface area (Å²) in [5, 5.41) is 3.33. The Bertz CT molecular complexity index is 249. The smallest absolute Gasteiger partial charge is 0.240 e. The van der Waals surface area contributed by atoms with Gasteiger partial charge in [0.1, 0.15) is 0 Å². The van der Waals surface area contributed by atoms with Crippen LogP contribution in [0, 0.1) is 0 Å². The average Bonchev–Trinajstić information content (AvgIpc) is 2.31. The summed E-state index contributed by atoms with van der Waals surface area (Å²) in [5.41, 5.74) is 0. The van der Waals surface area contributed by atoms with Gasteiger partial charge >= 0.3 is 0 Å². The van der Waals surface area contributed by atoms with E-state index in [-0.39, 0.29) is 6.04 Å². The maximum absolute atomic E-state index is 12.2. The number of hydrogen-bond acceptors (Lipinski definition) is 3. The zero-order valence-corrected chi connectivity index (χ0v) is 8.95. The van der Waals surface area contributed by atoms with Crippen LogP contribution in [0.2, 0.25) is 0 Å². The fraction of sp³-hybridized carbons (Fsp3) is 0.909. The van der Waals surface area contributed by atoms with Crippen molar-refractivity contribution in [2.75, 3.05) is 19.8 Å². The third-order valence-corrected chi connectivity index (χ3v) is 3.81. The quantitative estimate of drug-likeness (QED) is 0.669. The van der Waals surface area contributed by atoms with E-state index in [1.165, 1.54) is 12.8 Å². The van der Waals surface area contributed by atoms with Crippen LogP contribution in [0.3, 0.4) is 0 Å². The van der Waals surface area contributed by atoms with Gasteiger partial charge in [0.25, 0.3) is 0 Å². The second-order valence-corrected chi connectivity index (χ2v) is 4.83. The molecule has 2 bridgehead atoms. The number of morpholine rings is 1. The minimum Gasteiger partial charge on any atom is -0.377 e. The highest BCUT2D eigenvalue weighted by molar-refractivity contribution is 5.83. The molecule has 3 heterocycles. The monoisotopic (exact) mass is 210 g/mol. The van der Waals surface area contributed by atoms with Gasteiger partial charge in [0.15, 0.2) is 0 Å². The largest absolute Gasteiger partial charge is 0.377 e. The van der Waals surface area contributed by atoms with Gasteiger partial charge in [0.05, 0.1) is 31.3 Å². The molecule has 0 aliphatic carbocycles. The van der Waals surface area contributed by atoms with Gasteiger partial charge in [-0.1, -0.05) is 6.42 Å². The molecule has 3 atom stereocenters. The Labute approximate surface area is 90.0 Å². The first-order valence-corrected chi connectivity index (χ1v) is 5.99. The van der Waals surface area contributed by atoms with Gasteiger partial charge in [0.2, 0.25) is 5.91 Å². The van der Waals surface area contributed by atoms with E-state index in [0.29, 0.717) is 18.0 Å². The molecule has 4 nitrogen and oxygen atoms in total. The third-order valence-electron chi connectivity index (χ3n) is 3.81. The van der Waals surface area contributed by atoms with Crippen LogP contribution in [0.5, 0.6) is 0 Å². The van der Waals surface area contributed by atoms with Crippen LogP contribution >= 0.6 is 0 Å². The molecule has 0 unspecified atom stereocenters. The minimum atomic E-state index is 0.0853. The van der Waals surface area contributed by atoms with E-state index in [2.05, 4.69) is 10.2 Å². The standard InChI is InChI=1S/C11H18N2O2/c14-11(10-3-1-2-4-12-10)13-8-5-9(13)7-15-6-8/h8-10,12H,1-7H2/t8-,9-,10+/m1/s1. The van der Waals surface area contributed by atoms with E-state index < -0.39 is 0 Å². The Balaban J connectivity index is 1.64. The third kappa shape index (κ3) is 1.56. The molecule has 0 aromatic heterocycles. The molecule has 3 saturated heterocycles. The highest BCUT2D eigenvalue weighted by atomic mass is 16.5. The zero-order valence-electron chi connectivity index (χ0n) is 8.95. The number of rotatable bonds is 1. The van der Waals surface area contributed by atoms with Crippen molar-refractivity contribution in [1.82, 2.24) is 10.2 Å². The lowest BCUT2D eigenvalue weighted by Gasteiger charge is -2.53. The van der Waals surface area contributed by atoms with Crippen LogP contribution < -0.4 is 5.32 Å². The van der Waals surface area contributed by atoms with Crippen molar-refractivity contribution >= 4 is 5.91 Å². The van der Waals surface area contributed by atoms with E-state index in [1.54, 1.807) is 0 Å². The molecule has 1 amide bonds. The molecule has 0 saturated carbocycles. The predicted octanol–water partition coefficient (Wildman–Crippen LogP) is 0.128. The molecule has 3 rings (SSSR count). The normalized spacial score (nSPS) is 39.7. The molecule has 4 heteroatoms. The van der Waals surface area contributed by atoms with Crippen LogP contribution in [0.1, 0.15) is 25.7 Å². The second kappa shape index (κ2) is 3.76. The Hall–Kier alpha value is -0.610. The fourth-order valence-electron chi connectivity index (χ4n) is 2.94. The van der Waals surface area contributed by atoms with Crippen molar-refractivity contribution in [3.8, 4) is 0 Å². The summed E-state index contributed by atoms with van der Waals surface area (Å²) in [6, 6.07) is 0.835. The van der Waals surface area contributed by atoms with Gasteiger partial charge in [-0.25, -0.2) is 0 Å². The van der Waals surface area contributed by atoms with Crippen LogP contribution in [0.25, 0.3) is 0 Å². The van der Waals surface area contributed by atoms with E-state index in [9.17, 15) is 4.79 Å². The molecule has 0 spiro atoms. The molecule has 3 aliphatic rings. The molecular weight excluding hydrogens is 192 g/mol. The lowest BCUT2D eigenvalue weighted by Crippen LogP contribution is -2.68. The topological polar surface area (TPSA) is 41.6 Å². The lowest BCUT2D eigenvalue weighted by atomic mass is 9.89. The number of carbonyl (C=O) groups excluding carboxylic acids is 1. The summed E-state index contributed by atoms with van der Waals surface area (Å²) in [6.07, 6.45) is 4.55. The highest BCUT2D eigenvalue weighted by Crippen LogP contribution is 2.31. The number of amides is 1. The number of nitrogens with one attached hydrogen (secondary N) is 1. The minimum absolute atomic E-state index is 0.0853. The lowest BCUT2D eigenvalue weighted by molar-refractivity contribution is -0.170. The van der Waals surface area contributed by atoms with Crippen LogP contribution in [-0.4, -0.2) is 48.7 Å². The molecule has 84 valence electrons. The van der Waals surface area contributed by atoms with Crippen molar-refractivity contribution in [1.29, 1.82) is 0 Å². The van der Waals surface area contributed by atoms with Crippen LogP contribution in [0.15, 0.2) is 0 Å². The predicted molar refractivity (Wildman–Crippen MR) is 55.5 cm³/mol. The summed E-state index contributed by atoms with van der Waals surface area (Å²) in [4.78, 5) is 14.3. The van der Waals surface area contributed by atoms with Crippen LogP contribution in [-0.2, 0) is 9.53 Å². The Morgan fingerprint density at radius 3 is 2.67 bits per heavy atom. The number of nitrogens with zero attached hydrogens (tertiary/aromatic N) is 1. The van der Waals surface area contributed by atoms with Gasteiger partial charge in [0, 0.05) is 0 Å². The maximum atomic E-state index is 12.2. The van der Waals surface area contributed by atoms with Gasteiger partial charge in [-0.05, 0) is 25.8 Å². The number of ether oxygens (including phenoxy) is 1. The summed E-state index contributed by atoms with van der Waals surface area (Å²) in [7, 11) is 0. The zero-order chi connectivity index (χ0) is 10.3. The van der Waals surface area contributed by atoms with Gasteiger partial charge in [-0.3, -0.25) is 4.79 Å². The number of fused-ring (bicyclic) bond motifs is 2. The summed E-state index contributed by atoms with van der Waals surface area (Å²) < 4.78 is 5.38. The summed E-state index contributed by atoms with van der Waals surface area (Å²) in [6.45, 7) is 2.49. The number of hydrogen-bond donors (Lipinski definition) is 1. The van der Waals surface area contributed by atoms with E-state index >= 15 is 0 Å². The first-order valence-electron chi connectivity index (χ1n) is 5.99. The molecule has 0 aromatic rings. The van der Waals surface area contributed by atoms with Crippen molar-refractivity contribution < 1.29 is 9.53 Å². The molecule has 0 radical (unpaired) electrons. The van der Waals surface area contributed by atoms with Gasteiger partial charge < -0.3 is 15.0 Å². The average molecular weight is 210 g/mol. The molecule has 0 aromatic carbocycles. The fourth-order valence-corrected chi connectivity index (χ4v) is 2.94. The number of carbonyl (C=O) groups is 1. The first kappa shape index (κ1) is 9.60. The van der Waals surface area contributed by atoms with Crippen molar-refractivity contribution in [2.45, 2.75) is 43.8 Å². The summed E-state index contributed by atoms with van der Waals surface area (Å²) in [5.74, 6) is 0.319. The van der Waals surface area contributed by atoms with Gasteiger partial charge in [-0.15, -0.1) is 0 Å². The summed E-state index contributed by atoms with van der Waals surface area (Å²) >= 11 is 0.